The highest BCUT2D eigenvalue weighted by atomic mass is 16.5. The van der Waals surface area contributed by atoms with Gasteiger partial charge >= 0.3 is 5.69 Å². The smallest absolute Gasteiger partial charge is 0.369 e. The van der Waals surface area contributed by atoms with Crippen molar-refractivity contribution in [2.75, 3.05) is 0 Å². The Morgan fingerprint density at radius 2 is 2.29 bits per heavy atom. The highest BCUT2D eigenvalue weighted by Gasteiger charge is 2.16. The largest absolute Gasteiger partial charge is 0.488 e. The van der Waals surface area contributed by atoms with E-state index >= 15 is 0 Å². The third-order valence-electron chi connectivity index (χ3n) is 2.95. The zero-order valence-corrected chi connectivity index (χ0v) is 11.5. The first-order valence-electron chi connectivity index (χ1n) is 6.69. The van der Waals surface area contributed by atoms with E-state index in [2.05, 4.69) is 15.6 Å². The predicted octanol–water partition coefficient (Wildman–Crippen LogP) is 0.841. The minimum Gasteiger partial charge on any atom is -0.488 e. The quantitative estimate of drug-likeness (QED) is 0.707. The lowest BCUT2D eigenvalue weighted by atomic mass is 10.2. The molecule has 3 rings (SSSR count). The molecule has 0 saturated carbocycles. The van der Waals surface area contributed by atoms with Crippen molar-refractivity contribution < 1.29 is 10.6 Å². The monoisotopic (exact) mass is 289 g/mol. The van der Waals surface area contributed by atoms with Gasteiger partial charge in [0.2, 0.25) is 5.82 Å². The molecule has 8 nitrogen and oxygen atoms in total. The van der Waals surface area contributed by atoms with Gasteiger partial charge in [-0.3, -0.25) is 0 Å². The topological polar surface area (TPSA) is 88.0 Å². The molecule has 2 heterocycles. The summed E-state index contributed by atoms with van der Waals surface area (Å²) < 4.78 is 20.3. The molecule has 0 amide bonds. The molecule has 0 bridgehead atoms. The number of benzene rings is 1. The summed E-state index contributed by atoms with van der Waals surface area (Å²) in [6.07, 6.45) is 1.39. The number of rotatable bonds is 4. The Kier molecular flexibility index (Phi) is 2.96. The molecular weight excluding hydrogens is 274 g/mol. The molecule has 1 aromatic carbocycles. The van der Waals surface area contributed by atoms with Crippen molar-refractivity contribution in [2.24, 2.45) is 7.05 Å². The van der Waals surface area contributed by atoms with Crippen molar-refractivity contribution in [3.63, 3.8) is 0 Å². The first kappa shape index (κ1) is 11.9. The van der Waals surface area contributed by atoms with Gasteiger partial charge in [-0.15, -0.1) is 4.68 Å². The lowest BCUT2D eigenvalue weighted by Crippen LogP contribution is -2.23. The molecule has 0 unspecified atom stereocenters. The number of hydrogen-bond donors (Lipinski definition) is 0. The predicted molar refractivity (Wildman–Crippen MR) is 72.2 cm³/mol. The first-order chi connectivity index (χ1) is 10.6. The van der Waals surface area contributed by atoms with Crippen LogP contribution in [0.4, 0.5) is 0 Å². The minimum atomic E-state index is -0.426. The summed E-state index contributed by atoms with van der Waals surface area (Å²) in [4.78, 5) is 11.8. The standard InChI is InChI=1S/C13H13N5O3/c1-9-5-3-4-6-11(9)20-7-10-8-21-14-12(10)18-13(19)17(2)15-16-18/h3-6,8H,7H2,1-2H3/i3T. The molecule has 0 spiro atoms. The van der Waals surface area contributed by atoms with Gasteiger partial charge in [0, 0.05) is 7.05 Å². The number of para-hydroxylation sites is 1. The zero-order chi connectivity index (χ0) is 15.7. The average molecular weight is 289 g/mol. The molecule has 2 aromatic heterocycles. The van der Waals surface area contributed by atoms with E-state index in [1.807, 2.05) is 6.92 Å². The Morgan fingerprint density at radius 3 is 3.00 bits per heavy atom. The highest BCUT2D eigenvalue weighted by molar-refractivity contribution is 5.33. The minimum absolute atomic E-state index is 0.153. The highest BCUT2D eigenvalue weighted by Crippen LogP contribution is 2.19. The summed E-state index contributed by atoms with van der Waals surface area (Å²) in [5.74, 6) is 0.891. The van der Waals surface area contributed by atoms with Crippen molar-refractivity contribution in [1.29, 1.82) is 0 Å². The van der Waals surface area contributed by atoms with Crippen LogP contribution >= 0.6 is 0 Å². The molecule has 21 heavy (non-hydrogen) atoms. The molecule has 0 aliphatic carbocycles. The van der Waals surface area contributed by atoms with Crippen LogP contribution in [-0.4, -0.2) is 24.9 Å². The number of tetrazole rings is 1. The first-order valence-corrected chi connectivity index (χ1v) is 6.19. The van der Waals surface area contributed by atoms with Gasteiger partial charge in [-0.1, -0.05) is 23.3 Å². The van der Waals surface area contributed by atoms with Crippen molar-refractivity contribution in [2.45, 2.75) is 13.5 Å². The maximum atomic E-state index is 11.8. The van der Waals surface area contributed by atoms with Gasteiger partial charge in [0.15, 0.2) is 0 Å². The number of nitrogens with zero attached hydrogens (tertiary/aromatic N) is 5. The second kappa shape index (κ2) is 5.23. The van der Waals surface area contributed by atoms with Crippen molar-refractivity contribution >= 4 is 0 Å². The summed E-state index contributed by atoms with van der Waals surface area (Å²) in [6.45, 7) is 2.01. The summed E-state index contributed by atoms with van der Waals surface area (Å²) >= 11 is 0. The third kappa shape index (κ3) is 2.42. The van der Waals surface area contributed by atoms with E-state index in [-0.39, 0.29) is 12.4 Å². The van der Waals surface area contributed by atoms with E-state index in [0.29, 0.717) is 17.4 Å². The fourth-order valence-electron chi connectivity index (χ4n) is 1.79. The van der Waals surface area contributed by atoms with Gasteiger partial charge in [0.05, 0.1) is 6.93 Å². The lowest BCUT2D eigenvalue weighted by molar-refractivity contribution is 0.302. The zero-order valence-electron chi connectivity index (χ0n) is 12.5. The molecule has 0 radical (unpaired) electrons. The van der Waals surface area contributed by atoms with E-state index in [4.69, 9.17) is 10.6 Å². The SMILES string of the molecule is [3H]c1ccc(OCc2conc2-n2nnn(C)c2=O)c(C)c1. The molecule has 0 aliphatic rings. The van der Waals surface area contributed by atoms with Gasteiger partial charge in [0.25, 0.3) is 0 Å². The van der Waals surface area contributed by atoms with Gasteiger partial charge in [-0.05, 0) is 29.0 Å². The number of aromatic nitrogens is 5. The summed E-state index contributed by atoms with van der Waals surface area (Å²) in [5, 5.41) is 11.1. The molecule has 0 aliphatic heterocycles. The molecule has 8 heteroatoms. The van der Waals surface area contributed by atoms with Crippen LogP contribution < -0.4 is 10.4 Å². The Balaban J connectivity index is 1.84. The van der Waals surface area contributed by atoms with E-state index in [0.717, 1.165) is 14.9 Å². The van der Waals surface area contributed by atoms with Crippen LogP contribution in [0, 0.1) is 6.92 Å². The van der Waals surface area contributed by atoms with Crippen LogP contribution in [0.2, 0.25) is 0 Å². The number of hydrogen-bond acceptors (Lipinski definition) is 6. The second-order valence-electron chi connectivity index (χ2n) is 4.44. The van der Waals surface area contributed by atoms with Crippen LogP contribution in [-0.2, 0) is 13.7 Å². The molecule has 0 saturated heterocycles. The van der Waals surface area contributed by atoms with E-state index in [9.17, 15) is 4.79 Å². The summed E-state index contributed by atoms with van der Waals surface area (Å²) in [5.41, 5.74) is 0.990. The molecule has 0 N–H and O–H groups in total. The van der Waals surface area contributed by atoms with E-state index in [1.54, 1.807) is 18.2 Å². The van der Waals surface area contributed by atoms with Crippen LogP contribution in [0.15, 0.2) is 39.8 Å². The Labute approximate surface area is 120 Å². The number of aryl methyl sites for hydroxylation is 2. The van der Waals surface area contributed by atoms with Gasteiger partial charge in [-0.2, -0.15) is 4.68 Å². The Morgan fingerprint density at radius 1 is 1.43 bits per heavy atom. The van der Waals surface area contributed by atoms with Crippen molar-refractivity contribution in [3.05, 3.63) is 52.1 Å². The summed E-state index contributed by atoms with van der Waals surface area (Å²) in [6, 6.07) is 5.49. The van der Waals surface area contributed by atoms with Gasteiger partial charge in [-0.25, -0.2) is 4.79 Å². The molecule has 3 aromatic rings. The number of ether oxygens (including phenoxy) is 1. The molecular formula is C13H13N5O3. The van der Waals surface area contributed by atoms with E-state index in [1.165, 1.54) is 13.3 Å². The lowest BCUT2D eigenvalue weighted by Gasteiger charge is -2.07. The van der Waals surface area contributed by atoms with Crippen LogP contribution in [0.5, 0.6) is 5.75 Å². The average Bonchev–Trinajstić information content (AvgIpc) is 3.06. The fourth-order valence-corrected chi connectivity index (χ4v) is 1.79. The molecule has 0 atom stereocenters. The molecule has 0 fully saturated rings. The van der Waals surface area contributed by atoms with Gasteiger partial charge < -0.3 is 9.26 Å². The maximum Gasteiger partial charge on any atom is 0.369 e. The van der Waals surface area contributed by atoms with Crippen molar-refractivity contribution in [1.82, 2.24) is 24.9 Å². The van der Waals surface area contributed by atoms with Gasteiger partial charge in [0.1, 0.15) is 18.6 Å². The Hall–Kier alpha value is -2.90. The van der Waals surface area contributed by atoms with Crippen molar-refractivity contribution in [3.8, 4) is 11.6 Å². The Bertz CT molecular complexity index is 867. The fraction of sp³-hybridized carbons (Fsp3) is 0.231. The maximum absolute atomic E-state index is 11.8. The van der Waals surface area contributed by atoms with Crippen LogP contribution in [0.3, 0.4) is 0 Å². The van der Waals surface area contributed by atoms with E-state index < -0.39 is 5.69 Å². The normalized spacial score (nSPS) is 11.4. The second-order valence-corrected chi connectivity index (χ2v) is 4.44. The van der Waals surface area contributed by atoms with Crippen LogP contribution in [0.1, 0.15) is 12.5 Å². The molecule has 108 valence electrons. The third-order valence-corrected chi connectivity index (χ3v) is 2.95. The van der Waals surface area contributed by atoms with Crippen LogP contribution in [0.25, 0.3) is 5.82 Å². The summed E-state index contributed by atoms with van der Waals surface area (Å²) in [7, 11) is 1.49.